The second-order valence-corrected chi connectivity index (χ2v) is 4.02. The average Bonchev–Trinajstić information content (AvgIpc) is 2.36. The molecule has 1 aromatic carbocycles. The van der Waals surface area contributed by atoms with E-state index in [1.54, 1.807) is 12.1 Å². The molecule has 0 amide bonds. The normalized spacial score (nSPS) is 16.4. The highest BCUT2D eigenvalue weighted by Crippen LogP contribution is 2.17. The Morgan fingerprint density at radius 3 is 2.31 bits per heavy atom. The summed E-state index contributed by atoms with van der Waals surface area (Å²) in [5.41, 5.74) is 1.26. The van der Waals surface area contributed by atoms with Gasteiger partial charge in [-0.25, -0.2) is 4.39 Å². The Morgan fingerprint density at radius 2 is 1.75 bits per heavy atom. The fraction of sp³-hybridized carbons (Fsp3) is 0.538. The van der Waals surface area contributed by atoms with Crippen LogP contribution in [0.2, 0.25) is 0 Å². The molecule has 2 rings (SSSR count). The lowest BCUT2D eigenvalue weighted by Gasteiger charge is -2.22. The van der Waals surface area contributed by atoms with Crippen molar-refractivity contribution in [2.24, 2.45) is 5.92 Å². The van der Waals surface area contributed by atoms with Crippen molar-refractivity contribution in [1.29, 1.82) is 0 Å². The number of nitrogens with one attached hydrogen (secondary N) is 1. The molecule has 1 aromatic rings. The molecule has 90 valence electrons. The van der Waals surface area contributed by atoms with E-state index in [0.29, 0.717) is 0 Å². The second kappa shape index (κ2) is 7.36. The molecule has 0 spiro atoms. The zero-order valence-corrected chi connectivity index (χ0v) is 9.75. The van der Waals surface area contributed by atoms with Crippen LogP contribution in [0.3, 0.4) is 0 Å². The van der Waals surface area contributed by atoms with Crippen molar-refractivity contribution in [2.75, 3.05) is 20.2 Å². The molecule has 1 saturated heterocycles. The predicted molar refractivity (Wildman–Crippen MR) is 63.8 cm³/mol. The monoisotopic (exact) mass is 225 g/mol. The minimum atomic E-state index is -0.140. The van der Waals surface area contributed by atoms with Crippen molar-refractivity contribution in [3.63, 3.8) is 0 Å². The predicted octanol–water partition coefficient (Wildman–Crippen LogP) is 1.98. The SMILES string of the molecule is CO.Fc1ccc(CC2CCNCC2)cc1. The summed E-state index contributed by atoms with van der Waals surface area (Å²) in [7, 11) is 1.00. The van der Waals surface area contributed by atoms with Gasteiger partial charge < -0.3 is 10.4 Å². The molecular formula is C13H20FNO. The summed E-state index contributed by atoms with van der Waals surface area (Å²) in [5.74, 6) is 0.640. The third-order valence-electron chi connectivity index (χ3n) is 2.90. The van der Waals surface area contributed by atoms with E-state index in [2.05, 4.69) is 5.32 Å². The number of aliphatic hydroxyl groups is 1. The topological polar surface area (TPSA) is 32.3 Å². The minimum Gasteiger partial charge on any atom is -0.400 e. The van der Waals surface area contributed by atoms with Crippen molar-refractivity contribution in [1.82, 2.24) is 5.32 Å². The molecule has 0 radical (unpaired) electrons. The van der Waals surface area contributed by atoms with Crippen molar-refractivity contribution in [3.8, 4) is 0 Å². The van der Waals surface area contributed by atoms with Gasteiger partial charge in [-0.15, -0.1) is 0 Å². The number of halogens is 1. The van der Waals surface area contributed by atoms with Gasteiger partial charge in [0.2, 0.25) is 0 Å². The van der Waals surface area contributed by atoms with Crippen LogP contribution < -0.4 is 5.32 Å². The summed E-state index contributed by atoms with van der Waals surface area (Å²) in [6, 6.07) is 6.90. The smallest absolute Gasteiger partial charge is 0.123 e. The van der Waals surface area contributed by atoms with Gasteiger partial charge in [0, 0.05) is 7.11 Å². The molecule has 0 saturated carbocycles. The van der Waals surface area contributed by atoms with E-state index < -0.39 is 0 Å². The Hall–Kier alpha value is -0.930. The van der Waals surface area contributed by atoms with Crippen LogP contribution >= 0.6 is 0 Å². The summed E-state index contributed by atoms with van der Waals surface area (Å²) in [4.78, 5) is 0. The Kier molecular flexibility index (Phi) is 6.04. The van der Waals surface area contributed by atoms with Gasteiger partial charge in [0.1, 0.15) is 5.82 Å². The van der Waals surface area contributed by atoms with Gasteiger partial charge in [0.05, 0.1) is 0 Å². The van der Waals surface area contributed by atoms with Gasteiger partial charge in [-0.05, 0) is 56.0 Å². The van der Waals surface area contributed by atoms with Gasteiger partial charge in [-0.3, -0.25) is 0 Å². The largest absolute Gasteiger partial charge is 0.400 e. The maximum absolute atomic E-state index is 12.7. The first-order chi connectivity index (χ1) is 7.84. The molecule has 0 aromatic heterocycles. The van der Waals surface area contributed by atoms with Crippen LogP contribution in [-0.4, -0.2) is 25.3 Å². The summed E-state index contributed by atoms with van der Waals surface area (Å²) in [6.07, 6.45) is 3.59. The quantitative estimate of drug-likeness (QED) is 0.806. The number of rotatable bonds is 2. The molecular weight excluding hydrogens is 205 g/mol. The summed E-state index contributed by atoms with van der Waals surface area (Å²) >= 11 is 0. The highest BCUT2D eigenvalue weighted by molar-refractivity contribution is 5.16. The van der Waals surface area contributed by atoms with Crippen molar-refractivity contribution < 1.29 is 9.50 Å². The first-order valence-electron chi connectivity index (χ1n) is 5.74. The standard InChI is InChI=1S/C12H16FN.CH4O/c13-12-3-1-10(2-4-12)9-11-5-7-14-8-6-11;1-2/h1-4,11,14H,5-9H2;2H,1H3. The molecule has 1 aliphatic rings. The molecule has 2 N–H and O–H groups in total. The molecule has 0 atom stereocenters. The fourth-order valence-corrected chi connectivity index (χ4v) is 2.04. The average molecular weight is 225 g/mol. The number of hydrogen-bond donors (Lipinski definition) is 2. The highest BCUT2D eigenvalue weighted by atomic mass is 19.1. The minimum absolute atomic E-state index is 0.140. The molecule has 0 aliphatic carbocycles. The van der Waals surface area contributed by atoms with Crippen molar-refractivity contribution in [2.45, 2.75) is 19.3 Å². The van der Waals surface area contributed by atoms with Crippen LogP contribution in [0.5, 0.6) is 0 Å². The molecule has 1 heterocycles. The number of aliphatic hydroxyl groups excluding tert-OH is 1. The maximum atomic E-state index is 12.7. The van der Waals surface area contributed by atoms with Gasteiger partial charge in [0.25, 0.3) is 0 Å². The molecule has 2 nitrogen and oxygen atoms in total. The van der Waals surface area contributed by atoms with E-state index in [1.807, 2.05) is 12.1 Å². The van der Waals surface area contributed by atoms with E-state index in [1.165, 1.54) is 18.4 Å². The van der Waals surface area contributed by atoms with Gasteiger partial charge in [0.15, 0.2) is 0 Å². The van der Waals surface area contributed by atoms with Gasteiger partial charge >= 0.3 is 0 Å². The molecule has 1 fully saturated rings. The van der Waals surface area contributed by atoms with Crippen LogP contribution in [0.4, 0.5) is 4.39 Å². The van der Waals surface area contributed by atoms with E-state index in [4.69, 9.17) is 5.11 Å². The third-order valence-corrected chi connectivity index (χ3v) is 2.90. The highest BCUT2D eigenvalue weighted by Gasteiger charge is 2.13. The fourth-order valence-electron chi connectivity index (χ4n) is 2.04. The Morgan fingerprint density at radius 1 is 1.19 bits per heavy atom. The maximum Gasteiger partial charge on any atom is 0.123 e. The van der Waals surface area contributed by atoms with Crippen LogP contribution in [0.15, 0.2) is 24.3 Å². The molecule has 0 unspecified atom stereocenters. The zero-order valence-electron chi connectivity index (χ0n) is 9.75. The van der Waals surface area contributed by atoms with Gasteiger partial charge in [-0.1, -0.05) is 12.1 Å². The lowest BCUT2D eigenvalue weighted by Crippen LogP contribution is -2.28. The van der Waals surface area contributed by atoms with E-state index in [0.717, 1.165) is 32.5 Å². The first kappa shape index (κ1) is 13.1. The molecule has 0 bridgehead atoms. The Balaban J connectivity index is 0.000000606. The number of hydrogen-bond acceptors (Lipinski definition) is 2. The van der Waals surface area contributed by atoms with Crippen LogP contribution in [0, 0.1) is 11.7 Å². The zero-order chi connectivity index (χ0) is 11.8. The number of piperidine rings is 1. The molecule has 16 heavy (non-hydrogen) atoms. The lowest BCUT2D eigenvalue weighted by molar-refractivity contribution is 0.372. The van der Waals surface area contributed by atoms with Crippen molar-refractivity contribution in [3.05, 3.63) is 35.6 Å². The number of benzene rings is 1. The Labute approximate surface area is 96.5 Å². The summed E-state index contributed by atoms with van der Waals surface area (Å²) < 4.78 is 12.7. The summed E-state index contributed by atoms with van der Waals surface area (Å²) in [6.45, 7) is 2.26. The van der Waals surface area contributed by atoms with Crippen LogP contribution in [-0.2, 0) is 6.42 Å². The summed E-state index contributed by atoms with van der Waals surface area (Å²) in [5, 5.41) is 10.3. The second-order valence-electron chi connectivity index (χ2n) is 4.02. The lowest BCUT2D eigenvalue weighted by atomic mass is 9.91. The van der Waals surface area contributed by atoms with E-state index >= 15 is 0 Å². The first-order valence-corrected chi connectivity index (χ1v) is 5.74. The third kappa shape index (κ3) is 4.29. The van der Waals surface area contributed by atoms with Gasteiger partial charge in [-0.2, -0.15) is 0 Å². The van der Waals surface area contributed by atoms with E-state index in [-0.39, 0.29) is 5.82 Å². The molecule has 1 aliphatic heterocycles. The van der Waals surface area contributed by atoms with Crippen LogP contribution in [0.1, 0.15) is 18.4 Å². The molecule has 3 heteroatoms. The Bertz CT molecular complexity index is 280. The van der Waals surface area contributed by atoms with E-state index in [9.17, 15) is 4.39 Å². The van der Waals surface area contributed by atoms with Crippen molar-refractivity contribution >= 4 is 0 Å². The van der Waals surface area contributed by atoms with Crippen LogP contribution in [0.25, 0.3) is 0 Å².